The van der Waals surface area contributed by atoms with Crippen molar-refractivity contribution < 1.29 is 28.5 Å². The average Bonchev–Trinajstić information content (AvgIpc) is 2.68. The van der Waals surface area contributed by atoms with Gasteiger partial charge in [-0.25, -0.2) is 9.59 Å². The summed E-state index contributed by atoms with van der Waals surface area (Å²) in [5.74, 6) is 0.0575. The van der Waals surface area contributed by atoms with Crippen molar-refractivity contribution in [2.75, 3.05) is 12.5 Å². The van der Waals surface area contributed by atoms with Gasteiger partial charge < -0.3 is 24.3 Å². The maximum Gasteiger partial charge on any atom is 0.513 e. The van der Waals surface area contributed by atoms with Crippen molar-refractivity contribution in [2.24, 2.45) is 0 Å². The lowest BCUT2D eigenvalue weighted by molar-refractivity contribution is 0.0718. The fourth-order valence-electron chi connectivity index (χ4n) is 2.97. The van der Waals surface area contributed by atoms with E-state index in [1.54, 1.807) is 13.8 Å². The minimum Gasteiger partial charge on any atom is -0.438 e. The fraction of sp³-hybridized carbons (Fsp3) is 0.478. The van der Waals surface area contributed by atoms with Crippen LogP contribution in [0.2, 0.25) is 39.3 Å². The summed E-state index contributed by atoms with van der Waals surface area (Å²) in [5.41, 5.74) is 2.10. The minimum atomic E-state index is -1.60. The van der Waals surface area contributed by atoms with Crippen LogP contribution in [-0.2, 0) is 18.9 Å². The SMILES string of the molecule is CC1=C(OC(=O)OC[Si](C)(C)C)C(c2ccccc2)C(OC(=O)OC[Si](C)(C)C)=C(C)N1. The molecule has 176 valence electrons. The Labute approximate surface area is 192 Å². The zero-order valence-electron chi connectivity index (χ0n) is 20.3. The standard InChI is InChI=1S/C23H35NO6Si2/c1-16-20(29-22(25)27-14-31(3,4)5)19(18-12-10-9-11-13-18)21(17(2)24-16)30-23(26)28-15-32(6,7)8/h9-13,19,24H,14-15H2,1-8H3. The van der Waals surface area contributed by atoms with E-state index in [9.17, 15) is 9.59 Å². The molecule has 0 radical (unpaired) electrons. The quantitative estimate of drug-likeness (QED) is 0.387. The van der Waals surface area contributed by atoms with Crippen molar-refractivity contribution in [3.63, 3.8) is 0 Å². The summed E-state index contributed by atoms with van der Waals surface area (Å²) >= 11 is 0. The monoisotopic (exact) mass is 477 g/mol. The Morgan fingerprint density at radius 1 is 0.781 bits per heavy atom. The minimum absolute atomic E-state index is 0.329. The number of carbonyl (C=O) groups excluding carboxylic acids is 2. The maximum absolute atomic E-state index is 12.5. The van der Waals surface area contributed by atoms with Crippen molar-refractivity contribution in [3.8, 4) is 0 Å². The molecule has 0 aliphatic carbocycles. The Morgan fingerprint density at radius 2 is 1.19 bits per heavy atom. The Kier molecular flexibility index (Phi) is 8.36. The summed E-state index contributed by atoms with van der Waals surface area (Å²) in [5, 5.41) is 3.15. The number of dihydropyridines is 1. The molecule has 1 aromatic rings. The third kappa shape index (κ3) is 7.87. The van der Waals surface area contributed by atoms with Crippen LogP contribution in [0.25, 0.3) is 0 Å². The van der Waals surface area contributed by atoms with Gasteiger partial charge in [0.05, 0.1) is 40.0 Å². The molecule has 0 bridgehead atoms. The van der Waals surface area contributed by atoms with Crippen molar-refractivity contribution in [3.05, 3.63) is 58.8 Å². The lowest BCUT2D eigenvalue weighted by Crippen LogP contribution is -2.33. The van der Waals surface area contributed by atoms with Crippen molar-refractivity contribution in [1.29, 1.82) is 0 Å². The van der Waals surface area contributed by atoms with E-state index in [-0.39, 0.29) is 0 Å². The van der Waals surface area contributed by atoms with Crippen LogP contribution in [-0.4, -0.2) is 40.9 Å². The first-order valence-electron chi connectivity index (χ1n) is 10.7. The number of ether oxygens (including phenoxy) is 4. The molecule has 9 heteroatoms. The Balaban J connectivity index is 2.31. The van der Waals surface area contributed by atoms with Gasteiger partial charge >= 0.3 is 12.3 Å². The summed E-state index contributed by atoms with van der Waals surface area (Å²) < 4.78 is 22.0. The van der Waals surface area contributed by atoms with Gasteiger partial charge in [0.15, 0.2) is 0 Å². The lowest BCUT2D eigenvalue weighted by Gasteiger charge is -2.30. The van der Waals surface area contributed by atoms with Crippen LogP contribution in [0.3, 0.4) is 0 Å². The topological polar surface area (TPSA) is 83.1 Å². The van der Waals surface area contributed by atoms with Crippen LogP contribution in [0.4, 0.5) is 9.59 Å². The Bertz CT molecular complexity index is 843. The molecule has 7 nitrogen and oxygen atoms in total. The van der Waals surface area contributed by atoms with Gasteiger partial charge in [0.25, 0.3) is 0 Å². The number of hydrogen-bond acceptors (Lipinski definition) is 7. The van der Waals surface area contributed by atoms with E-state index in [0.717, 1.165) is 5.56 Å². The number of allylic oxidation sites excluding steroid dienone is 2. The van der Waals surface area contributed by atoms with E-state index in [0.29, 0.717) is 35.4 Å². The highest BCUT2D eigenvalue weighted by molar-refractivity contribution is 6.76. The molecule has 2 rings (SSSR count). The number of benzene rings is 1. The Hall–Kier alpha value is -2.53. The average molecular weight is 478 g/mol. The molecule has 1 aliphatic heterocycles. The van der Waals surface area contributed by atoms with Gasteiger partial charge in [-0.05, 0) is 19.4 Å². The van der Waals surface area contributed by atoms with E-state index in [1.807, 2.05) is 30.3 Å². The van der Waals surface area contributed by atoms with Gasteiger partial charge in [-0.2, -0.15) is 0 Å². The molecule has 0 unspecified atom stereocenters. The summed E-state index contributed by atoms with van der Waals surface area (Å²) in [7, 11) is -3.20. The molecule has 0 amide bonds. The summed E-state index contributed by atoms with van der Waals surface area (Å²) in [4.78, 5) is 25.0. The molecule has 1 N–H and O–H groups in total. The molecule has 0 spiro atoms. The lowest BCUT2D eigenvalue weighted by atomic mass is 9.90. The summed E-state index contributed by atoms with van der Waals surface area (Å²) in [6.07, 6.45) is -0.847. The third-order valence-electron chi connectivity index (χ3n) is 4.40. The second-order valence-corrected chi connectivity index (χ2v) is 21.2. The van der Waals surface area contributed by atoms with E-state index in [2.05, 4.69) is 44.6 Å². The smallest absolute Gasteiger partial charge is 0.438 e. The predicted molar refractivity (Wildman–Crippen MR) is 129 cm³/mol. The molecular formula is C23H35NO6Si2. The Morgan fingerprint density at radius 3 is 1.56 bits per heavy atom. The number of carbonyl (C=O) groups is 2. The highest BCUT2D eigenvalue weighted by atomic mass is 28.3. The zero-order chi connectivity index (χ0) is 24.1. The molecule has 32 heavy (non-hydrogen) atoms. The molecule has 1 heterocycles. The fourth-order valence-corrected chi connectivity index (χ4v) is 4.07. The normalized spacial score (nSPS) is 15.2. The van der Waals surface area contributed by atoms with Crippen LogP contribution in [0, 0.1) is 0 Å². The van der Waals surface area contributed by atoms with Gasteiger partial charge in [0, 0.05) is 0 Å². The highest BCUT2D eigenvalue weighted by Crippen LogP contribution is 2.39. The van der Waals surface area contributed by atoms with Gasteiger partial charge in [0.1, 0.15) is 17.4 Å². The van der Waals surface area contributed by atoms with E-state index in [4.69, 9.17) is 18.9 Å². The molecular weight excluding hydrogens is 442 g/mol. The van der Waals surface area contributed by atoms with E-state index in [1.165, 1.54) is 0 Å². The molecule has 0 fully saturated rings. The highest BCUT2D eigenvalue weighted by Gasteiger charge is 2.36. The van der Waals surface area contributed by atoms with Gasteiger partial charge in [0.2, 0.25) is 0 Å². The van der Waals surface area contributed by atoms with Gasteiger partial charge in [-0.15, -0.1) is 0 Å². The van der Waals surface area contributed by atoms with E-state index >= 15 is 0 Å². The summed E-state index contributed by atoms with van der Waals surface area (Å²) in [6.45, 7) is 16.2. The first-order valence-corrected chi connectivity index (χ1v) is 18.1. The van der Waals surface area contributed by atoms with Crippen LogP contribution in [0.15, 0.2) is 53.2 Å². The summed E-state index contributed by atoms with van der Waals surface area (Å²) in [6, 6.07) is 9.44. The van der Waals surface area contributed by atoms with Crippen molar-refractivity contribution >= 4 is 28.5 Å². The number of hydrogen-bond donors (Lipinski definition) is 1. The maximum atomic E-state index is 12.5. The molecule has 1 aliphatic rings. The zero-order valence-corrected chi connectivity index (χ0v) is 22.3. The van der Waals surface area contributed by atoms with E-state index < -0.39 is 34.4 Å². The van der Waals surface area contributed by atoms with Gasteiger partial charge in [-0.3, -0.25) is 0 Å². The van der Waals surface area contributed by atoms with Crippen LogP contribution < -0.4 is 5.32 Å². The first-order chi connectivity index (χ1) is 14.8. The number of rotatable bonds is 7. The van der Waals surface area contributed by atoms with Crippen molar-refractivity contribution in [2.45, 2.75) is 59.0 Å². The largest absolute Gasteiger partial charge is 0.513 e. The molecule has 0 saturated carbocycles. The predicted octanol–water partition coefficient (Wildman–Crippen LogP) is 5.90. The third-order valence-corrected chi connectivity index (χ3v) is 6.42. The van der Waals surface area contributed by atoms with Crippen LogP contribution >= 0.6 is 0 Å². The van der Waals surface area contributed by atoms with Gasteiger partial charge in [-0.1, -0.05) is 69.6 Å². The molecule has 0 aromatic heterocycles. The second kappa shape index (κ2) is 10.4. The number of nitrogens with one attached hydrogen (secondary N) is 1. The second-order valence-electron chi connectivity index (χ2n) is 10.3. The molecule has 1 aromatic carbocycles. The molecule has 0 saturated heterocycles. The van der Waals surface area contributed by atoms with Crippen LogP contribution in [0.5, 0.6) is 0 Å². The molecule has 0 atom stereocenters. The van der Waals surface area contributed by atoms with Crippen LogP contribution in [0.1, 0.15) is 25.3 Å². The first kappa shape index (κ1) is 25.7. The van der Waals surface area contributed by atoms with Crippen molar-refractivity contribution in [1.82, 2.24) is 5.32 Å².